The highest BCUT2D eigenvalue weighted by Gasteiger charge is 2.51. The fourth-order valence-corrected chi connectivity index (χ4v) is 5.40. The molecular formula is C24H46N6O11. The summed E-state index contributed by atoms with van der Waals surface area (Å²) >= 11 is 0. The van der Waals surface area contributed by atoms with E-state index in [1.807, 2.05) is 0 Å². The molecule has 0 aromatic rings. The predicted octanol–water partition coefficient (Wildman–Crippen LogP) is -6.22. The summed E-state index contributed by atoms with van der Waals surface area (Å²) in [5, 5.41) is 57.4. The molecule has 0 aromatic heterocycles. The van der Waals surface area contributed by atoms with Crippen molar-refractivity contribution >= 4 is 11.8 Å². The van der Waals surface area contributed by atoms with Crippen molar-refractivity contribution in [3.63, 3.8) is 0 Å². The summed E-state index contributed by atoms with van der Waals surface area (Å²) in [6.07, 6.45) is -11.6. The zero-order valence-electron chi connectivity index (χ0n) is 23.0. The lowest BCUT2D eigenvalue weighted by atomic mass is 9.83. The number of hydrogen-bond donors (Lipinski definition) is 11. The smallest absolute Gasteiger partial charge is 0.249 e. The van der Waals surface area contributed by atoms with Gasteiger partial charge in [-0.3, -0.25) is 9.59 Å². The predicted molar refractivity (Wildman–Crippen MR) is 140 cm³/mol. The number of rotatable bonds is 11. The van der Waals surface area contributed by atoms with Crippen LogP contribution in [0.3, 0.4) is 0 Å². The Bertz CT molecular complexity index is 859. The Labute approximate surface area is 237 Å². The summed E-state index contributed by atoms with van der Waals surface area (Å²) in [5.41, 5.74) is 23.5. The molecule has 2 amide bonds. The molecule has 3 aliphatic rings. The number of carbonyl (C=O) groups is 2. The second-order valence-electron chi connectivity index (χ2n) is 10.8. The van der Waals surface area contributed by atoms with E-state index in [4.69, 9.17) is 41.9 Å². The maximum atomic E-state index is 12.7. The van der Waals surface area contributed by atoms with Gasteiger partial charge in [0.2, 0.25) is 11.8 Å². The molecule has 0 bridgehead atoms. The van der Waals surface area contributed by atoms with Gasteiger partial charge in [-0.2, -0.15) is 0 Å². The standard InChI is InChI=1S/C24H46N6O11/c1-9(32)29-12-3-2-10(7-26)38-23(12)40-20-11(27)6-13(30-22(37)14(33)4-5-25)21(19(20)36)41-24-18(35)16(28)17(34)15(8-31)39-24/h10-21,23-24,31,33-36H,2-8,25-28H2,1H3,(H,29,32)(H,30,37)/t10-,11-,12+,13+,14-,15+,16-,17+,18+,19-,20+,21-,23+,24+/m0/s1. The van der Waals surface area contributed by atoms with E-state index < -0.39 is 92.0 Å². The summed E-state index contributed by atoms with van der Waals surface area (Å²) in [7, 11) is 0. The Hall–Kier alpha value is -1.58. The van der Waals surface area contributed by atoms with E-state index in [9.17, 15) is 35.1 Å². The topological polar surface area (TPSA) is 300 Å². The lowest BCUT2D eigenvalue weighted by Crippen LogP contribution is -2.69. The Morgan fingerprint density at radius 2 is 1.63 bits per heavy atom. The largest absolute Gasteiger partial charge is 0.394 e. The number of nitrogens with two attached hydrogens (primary N) is 4. The number of carbonyl (C=O) groups excluding carboxylic acids is 2. The minimum atomic E-state index is -1.58. The fraction of sp³-hybridized carbons (Fsp3) is 0.917. The van der Waals surface area contributed by atoms with Gasteiger partial charge in [0.1, 0.15) is 42.7 Å². The molecule has 17 nitrogen and oxygen atoms in total. The molecule has 0 radical (unpaired) electrons. The summed E-state index contributed by atoms with van der Waals surface area (Å²) < 4.78 is 23.5. The van der Waals surface area contributed by atoms with Gasteiger partial charge < -0.3 is 78.0 Å². The second-order valence-corrected chi connectivity index (χ2v) is 10.8. The molecule has 238 valence electrons. The molecule has 17 heteroatoms. The lowest BCUT2D eigenvalue weighted by molar-refractivity contribution is -0.314. The van der Waals surface area contributed by atoms with Gasteiger partial charge in [0.05, 0.1) is 30.8 Å². The molecule has 0 aromatic carbocycles. The van der Waals surface area contributed by atoms with Crippen LogP contribution in [0.5, 0.6) is 0 Å². The first-order valence-electron chi connectivity index (χ1n) is 13.8. The number of aliphatic hydroxyl groups is 5. The highest BCUT2D eigenvalue weighted by atomic mass is 16.7. The van der Waals surface area contributed by atoms with Crippen molar-refractivity contribution < 1.29 is 54.1 Å². The summed E-state index contributed by atoms with van der Waals surface area (Å²) in [6, 6.07) is -3.73. The molecule has 1 aliphatic carbocycles. The molecule has 2 aliphatic heterocycles. The molecule has 14 atom stereocenters. The molecule has 1 saturated carbocycles. The van der Waals surface area contributed by atoms with Crippen LogP contribution in [0.25, 0.3) is 0 Å². The van der Waals surface area contributed by atoms with Crippen LogP contribution in [-0.2, 0) is 28.5 Å². The van der Waals surface area contributed by atoms with Gasteiger partial charge >= 0.3 is 0 Å². The maximum absolute atomic E-state index is 12.7. The molecular weight excluding hydrogens is 548 g/mol. The number of ether oxygens (including phenoxy) is 4. The lowest BCUT2D eigenvalue weighted by Gasteiger charge is -2.48. The van der Waals surface area contributed by atoms with E-state index in [0.717, 1.165) is 0 Å². The Kier molecular flexibility index (Phi) is 12.6. The van der Waals surface area contributed by atoms with E-state index in [1.165, 1.54) is 6.92 Å². The van der Waals surface area contributed by atoms with E-state index in [2.05, 4.69) is 10.6 Å². The van der Waals surface area contributed by atoms with Gasteiger partial charge in [-0.05, 0) is 32.2 Å². The minimum absolute atomic E-state index is 0.0216. The third kappa shape index (κ3) is 8.29. The summed E-state index contributed by atoms with van der Waals surface area (Å²) in [4.78, 5) is 24.4. The molecule has 41 heavy (non-hydrogen) atoms. The first-order chi connectivity index (χ1) is 19.4. The van der Waals surface area contributed by atoms with E-state index >= 15 is 0 Å². The molecule has 2 heterocycles. The van der Waals surface area contributed by atoms with Gasteiger partial charge in [-0.25, -0.2) is 0 Å². The fourth-order valence-electron chi connectivity index (χ4n) is 5.40. The van der Waals surface area contributed by atoms with Crippen molar-refractivity contribution in [3.8, 4) is 0 Å². The highest BCUT2D eigenvalue weighted by molar-refractivity contribution is 5.80. The van der Waals surface area contributed by atoms with Crippen LogP contribution in [0.2, 0.25) is 0 Å². The van der Waals surface area contributed by atoms with Crippen molar-refractivity contribution in [3.05, 3.63) is 0 Å². The number of hydrogen-bond acceptors (Lipinski definition) is 15. The normalized spacial score (nSPS) is 42.3. The molecule has 0 spiro atoms. The third-order valence-corrected chi connectivity index (χ3v) is 7.71. The zero-order valence-corrected chi connectivity index (χ0v) is 23.0. The Morgan fingerprint density at radius 3 is 2.24 bits per heavy atom. The van der Waals surface area contributed by atoms with Crippen LogP contribution in [0.15, 0.2) is 0 Å². The highest BCUT2D eigenvalue weighted by Crippen LogP contribution is 2.32. The summed E-state index contributed by atoms with van der Waals surface area (Å²) in [5.74, 6) is -1.10. The monoisotopic (exact) mass is 594 g/mol. The second kappa shape index (κ2) is 15.2. The van der Waals surface area contributed by atoms with Gasteiger partial charge in [0.15, 0.2) is 12.6 Å². The van der Waals surface area contributed by atoms with Crippen LogP contribution in [0.4, 0.5) is 0 Å². The number of aliphatic hydroxyl groups excluding tert-OH is 5. The Balaban J connectivity index is 1.86. The quantitative estimate of drug-likeness (QED) is 0.106. The van der Waals surface area contributed by atoms with Crippen molar-refractivity contribution in [2.24, 2.45) is 22.9 Å². The molecule has 3 fully saturated rings. The van der Waals surface area contributed by atoms with Crippen LogP contribution < -0.4 is 33.6 Å². The molecule has 15 N–H and O–H groups in total. The van der Waals surface area contributed by atoms with Crippen LogP contribution in [-0.4, -0.2) is 143 Å². The first-order valence-corrected chi connectivity index (χ1v) is 13.8. The van der Waals surface area contributed by atoms with Crippen LogP contribution in [0.1, 0.15) is 32.6 Å². The zero-order chi connectivity index (χ0) is 30.4. The van der Waals surface area contributed by atoms with Crippen molar-refractivity contribution in [2.45, 2.75) is 118 Å². The summed E-state index contributed by atoms with van der Waals surface area (Å²) in [6.45, 7) is 0.956. The van der Waals surface area contributed by atoms with Gasteiger partial charge in [-0.1, -0.05) is 0 Å². The third-order valence-electron chi connectivity index (χ3n) is 7.71. The Morgan fingerprint density at radius 1 is 0.951 bits per heavy atom. The van der Waals surface area contributed by atoms with Crippen molar-refractivity contribution in [2.75, 3.05) is 19.7 Å². The van der Waals surface area contributed by atoms with Crippen molar-refractivity contribution in [1.82, 2.24) is 10.6 Å². The van der Waals surface area contributed by atoms with Crippen molar-refractivity contribution in [1.29, 1.82) is 0 Å². The molecule has 3 rings (SSSR count). The van der Waals surface area contributed by atoms with Gasteiger partial charge in [0.25, 0.3) is 0 Å². The van der Waals surface area contributed by atoms with E-state index in [0.29, 0.717) is 12.8 Å². The molecule has 0 unspecified atom stereocenters. The van der Waals surface area contributed by atoms with Gasteiger partial charge in [0, 0.05) is 19.5 Å². The first kappa shape index (κ1) is 33.9. The van der Waals surface area contributed by atoms with Crippen LogP contribution in [0, 0.1) is 0 Å². The molecule has 2 saturated heterocycles. The van der Waals surface area contributed by atoms with E-state index in [1.54, 1.807) is 0 Å². The number of nitrogens with one attached hydrogen (secondary N) is 2. The van der Waals surface area contributed by atoms with Gasteiger partial charge in [-0.15, -0.1) is 0 Å². The number of amides is 2. The minimum Gasteiger partial charge on any atom is -0.394 e. The average molecular weight is 595 g/mol. The average Bonchev–Trinajstić information content (AvgIpc) is 2.93. The van der Waals surface area contributed by atoms with Crippen LogP contribution >= 0.6 is 0 Å². The van der Waals surface area contributed by atoms with E-state index in [-0.39, 0.29) is 37.9 Å². The maximum Gasteiger partial charge on any atom is 0.249 e. The SMILES string of the molecule is CC(=O)N[C@@H]1CC[C@@H](CN)O[C@@H]1O[C@H]1[C@H](O)[C@@H](O[C@H]2O[C@H](CO)[C@@H](O)[C@H](N)[C@H]2O)[C@H](NC(=O)[C@@H](O)CCN)C[C@@H]1N.